The lowest BCUT2D eigenvalue weighted by atomic mass is 10.1. The maximum absolute atomic E-state index is 12.8. The number of methoxy groups -OCH3 is 2. The van der Waals surface area contributed by atoms with Gasteiger partial charge in [0.15, 0.2) is 11.5 Å². The molecule has 0 spiro atoms. The van der Waals surface area contributed by atoms with Gasteiger partial charge in [-0.1, -0.05) is 48.0 Å². The van der Waals surface area contributed by atoms with Crippen LogP contribution in [-0.2, 0) is 17.0 Å². The van der Waals surface area contributed by atoms with Crippen molar-refractivity contribution >= 4 is 40.9 Å². The SMILES string of the molecule is COc1ccc(CCNC(=O)c2ccccc2NC(=O)CSCc2ccccc2Cl)cc1OC. The number of hydrogen-bond donors (Lipinski definition) is 2. The van der Waals surface area contributed by atoms with Gasteiger partial charge in [0.25, 0.3) is 5.91 Å². The second-order valence-corrected chi connectivity index (χ2v) is 8.77. The minimum absolute atomic E-state index is 0.178. The molecule has 2 N–H and O–H groups in total. The van der Waals surface area contributed by atoms with Crippen molar-refractivity contribution in [2.45, 2.75) is 12.2 Å². The zero-order chi connectivity index (χ0) is 24.3. The van der Waals surface area contributed by atoms with Crippen LogP contribution >= 0.6 is 23.4 Å². The molecule has 3 aromatic carbocycles. The smallest absolute Gasteiger partial charge is 0.253 e. The highest BCUT2D eigenvalue weighted by Gasteiger charge is 2.13. The van der Waals surface area contributed by atoms with E-state index in [1.54, 1.807) is 38.5 Å². The molecule has 0 unspecified atom stereocenters. The van der Waals surface area contributed by atoms with Gasteiger partial charge in [0.05, 0.1) is 31.2 Å². The normalized spacial score (nSPS) is 10.4. The lowest BCUT2D eigenvalue weighted by Gasteiger charge is -2.12. The van der Waals surface area contributed by atoms with Gasteiger partial charge >= 0.3 is 0 Å². The van der Waals surface area contributed by atoms with E-state index in [-0.39, 0.29) is 17.6 Å². The molecule has 3 rings (SSSR count). The summed E-state index contributed by atoms with van der Waals surface area (Å²) in [6, 6.07) is 20.2. The van der Waals surface area contributed by atoms with Crippen molar-refractivity contribution in [1.29, 1.82) is 0 Å². The standard InChI is InChI=1S/C26H27ClN2O4S/c1-32-23-12-11-18(15-24(23)33-2)13-14-28-26(31)20-8-4-6-10-22(20)29-25(30)17-34-16-19-7-3-5-9-21(19)27/h3-12,15H,13-14,16-17H2,1-2H3,(H,28,31)(H,29,30). The summed E-state index contributed by atoms with van der Waals surface area (Å²) in [6.45, 7) is 0.435. The number of carbonyl (C=O) groups is 2. The van der Waals surface area contributed by atoms with Gasteiger partial charge in [0, 0.05) is 17.3 Å². The molecule has 2 amide bonds. The van der Waals surface area contributed by atoms with Crippen molar-refractivity contribution in [3.8, 4) is 11.5 Å². The molecule has 0 bridgehead atoms. The summed E-state index contributed by atoms with van der Waals surface area (Å²) in [5, 5.41) is 6.45. The van der Waals surface area contributed by atoms with Crippen molar-refractivity contribution in [3.05, 3.63) is 88.4 Å². The number of rotatable bonds is 11. The molecule has 178 valence electrons. The summed E-state index contributed by atoms with van der Waals surface area (Å²) in [4.78, 5) is 25.2. The van der Waals surface area contributed by atoms with Gasteiger partial charge in [0.1, 0.15) is 0 Å². The van der Waals surface area contributed by atoms with Crippen LogP contribution in [0.5, 0.6) is 11.5 Å². The van der Waals surface area contributed by atoms with Crippen molar-refractivity contribution in [1.82, 2.24) is 5.32 Å². The lowest BCUT2D eigenvalue weighted by Crippen LogP contribution is -2.27. The average molecular weight is 499 g/mol. The molecule has 0 aliphatic heterocycles. The maximum atomic E-state index is 12.8. The minimum Gasteiger partial charge on any atom is -0.493 e. The second-order valence-electron chi connectivity index (χ2n) is 7.37. The average Bonchev–Trinajstić information content (AvgIpc) is 2.85. The molecule has 8 heteroatoms. The second kappa shape index (κ2) is 12.9. The van der Waals surface area contributed by atoms with Gasteiger partial charge < -0.3 is 20.1 Å². The van der Waals surface area contributed by atoms with Gasteiger partial charge in [-0.3, -0.25) is 9.59 Å². The van der Waals surface area contributed by atoms with Crippen LogP contribution in [0.3, 0.4) is 0 Å². The number of ether oxygens (including phenoxy) is 2. The minimum atomic E-state index is -0.250. The number of para-hydroxylation sites is 1. The Labute approximate surface area is 209 Å². The summed E-state index contributed by atoms with van der Waals surface area (Å²) in [6.07, 6.45) is 0.624. The fourth-order valence-corrected chi connectivity index (χ4v) is 4.41. The first-order valence-corrected chi connectivity index (χ1v) is 12.2. The van der Waals surface area contributed by atoms with Crippen LogP contribution < -0.4 is 20.1 Å². The maximum Gasteiger partial charge on any atom is 0.253 e. The Hall–Kier alpha value is -3.16. The highest BCUT2D eigenvalue weighted by Crippen LogP contribution is 2.27. The molecule has 0 atom stereocenters. The van der Waals surface area contributed by atoms with E-state index in [0.717, 1.165) is 11.1 Å². The number of anilines is 1. The summed E-state index contributed by atoms with van der Waals surface area (Å²) >= 11 is 7.63. The molecule has 0 fully saturated rings. The topological polar surface area (TPSA) is 76.7 Å². The Kier molecular flexibility index (Phi) is 9.67. The first kappa shape index (κ1) is 25.5. The zero-order valence-corrected chi connectivity index (χ0v) is 20.7. The number of halogens is 1. The first-order valence-electron chi connectivity index (χ1n) is 10.7. The monoisotopic (exact) mass is 498 g/mol. The van der Waals surface area contributed by atoms with E-state index in [9.17, 15) is 9.59 Å². The van der Waals surface area contributed by atoms with Crippen LogP contribution in [0.4, 0.5) is 5.69 Å². The molecule has 0 aliphatic carbocycles. The Morgan fingerprint density at radius 3 is 2.44 bits per heavy atom. The number of hydrogen-bond acceptors (Lipinski definition) is 5. The summed E-state index contributed by atoms with van der Waals surface area (Å²) in [5.41, 5.74) is 2.89. The third kappa shape index (κ3) is 7.17. The zero-order valence-electron chi connectivity index (χ0n) is 19.1. The number of thioether (sulfide) groups is 1. The number of nitrogens with one attached hydrogen (secondary N) is 2. The summed E-state index contributed by atoms with van der Waals surface area (Å²) in [7, 11) is 3.18. The molecule has 0 saturated heterocycles. The van der Waals surface area contributed by atoms with Gasteiger partial charge in [0.2, 0.25) is 5.91 Å². The van der Waals surface area contributed by atoms with Crippen LogP contribution in [0, 0.1) is 0 Å². The van der Waals surface area contributed by atoms with E-state index in [1.807, 2.05) is 42.5 Å². The highest BCUT2D eigenvalue weighted by atomic mass is 35.5. The van der Waals surface area contributed by atoms with E-state index in [1.165, 1.54) is 11.8 Å². The predicted octanol–water partition coefficient (Wildman–Crippen LogP) is 5.20. The lowest BCUT2D eigenvalue weighted by molar-refractivity contribution is -0.113. The van der Waals surface area contributed by atoms with Crippen LogP contribution in [0.15, 0.2) is 66.7 Å². The van der Waals surface area contributed by atoms with Gasteiger partial charge in [-0.2, -0.15) is 0 Å². The molecule has 3 aromatic rings. The van der Waals surface area contributed by atoms with E-state index < -0.39 is 0 Å². The molecule has 0 radical (unpaired) electrons. The van der Waals surface area contributed by atoms with Gasteiger partial charge in [-0.15, -0.1) is 11.8 Å². The molecule has 0 aliphatic rings. The Balaban J connectivity index is 1.52. The largest absolute Gasteiger partial charge is 0.493 e. The van der Waals surface area contributed by atoms with E-state index in [0.29, 0.717) is 46.5 Å². The van der Waals surface area contributed by atoms with Crippen molar-refractivity contribution in [2.24, 2.45) is 0 Å². The van der Waals surface area contributed by atoms with Crippen molar-refractivity contribution in [2.75, 3.05) is 31.8 Å². The Bertz CT molecular complexity index is 1140. The third-order valence-electron chi connectivity index (χ3n) is 5.04. The summed E-state index contributed by atoms with van der Waals surface area (Å²) in [5.74, 6) is 1.76. The van der Waals surface area contributed by atoms with E-state index >= 15 is 0 Å². The Morgan fingerprint density at radius 2 is 1.68 bits per heavy atom. The third-order valence-corrected chi connectivity index (χ3v) is 6.39. The summed E-state index contributed by atoms with van der Waals surface area (Å²) < 4.78 is 10.6. The van der Waals surface area contributed by atoms with Crippen LogP contribution in [0.2, 0.25) is 5.02 Å². The number of carbonyl (C=O) groups excluding carboxylic acids is 2. The van der Waals surface area contributed by atoms with E-state index in [4.69, 9.17) is 21.1 Å². The molecular formula is C26H27ClN2O4S. The highest BCUT2D eigenvalue weighted by molar-refractivity contribution is 7.99. The van der Waals surface area contributed by atoms with E-state index in [2.05, 4.69) is 10.6 Å². The number of benzene rings is 3. The molecule has 34 heavy (non-hydrogen) atoms. The number of amides is 2. The van der Waals surface area contributed by atoms with Gasteiger partial charge in [-0.05, 0) is 47.9 Å². The Morgan fingerprint density at radius 1 is 0.941 bits per heavy atom. The van der Waals surface area contributed by atoms with Crippen LogP contribution in [0.25, 0.3) is 0 Å². The molecular weight excluding hydrogens is 472 g/mol. The van der Waals surface area contributed by atoms with Gasteiger partial charge in [-0.25, -0.2) is 0 Å². The fraction of sp³-hybridized carbons (Fsp3) is 0.231. The first-order chi connectivity index (χ1) is 16.5. The molecule has 6 nitrogen and oxygen atoms in total. The molecule has 0 heterocycles. The van der Waals surface area contributed by atoms with Crippen LogP contribution in [-0.4, -0.2) is 38.3 Å². The molecule has 0 saturated carbocycles. The predicted molar refractivity (Wildman–Crippen MR) is 138 cm³/mol. The quantitative estimate of drug-likeness (QED) is 0.380. The van der Waals surface area contributed by atoms with Crippen LogP contribution in [0.1, 0.15) is 21.5 Å². The fourth-order valence-electron chi connectivity index (χ4n) is 3.30. The van der Waals surface area contributed by atoms with Crippen molar-refractivity contribution < 1.29 is 19.1 Å². The van der Waals surface area contributed by atoms with Crippen molar-refractivity contribution in [3.63, 3.8) is 0 Å². The molecule has 0 aromatic heterocycles.